The van der Waals surface area contributed by atoms with Gasteiger partial charge in [0.1, 0.15) is 0 Å². The van der Waals surface area contributed by atoms with Gasteiger partial charge in [0.15, 0.2) is 0 Å². The number of unbranched alkanes of at least 4 members (excludes halogenated alkanes) is 1. The van der Waals surface area contributed by atoms with Crippen LogP contribution in [0.15, 0.2) is 0 Å². The number of anilines is 3. The van der Waals surface area contributed by atoms with Gasteiger partial charge >= 0.3 is 0 Å². The fraction of sp³-hybridized carbons (Fsp3) is 0.786. The molecule has 0 radical (unpaired) electrons. The number of nitrogens with zero attached hydrogens (tertiary/aromatic N) is 5. The van der Waals surface area contributed by atoms with Gasteiger partial charge in [-0.05, 0) is 26.2 Å². The monoisotopic (exact) mass is 278 g/mol. The van der Waals surface area contributed by atoms with Gasteiger partial charge in [-0.25, -0.2) is 0 Å². The number of rotatable bonds is 7. The predicted octanol–water partition coefficient (Wildman–Crippen LogP) is 2.14. The Hall–Kier alpha value is -1.59. The molecule has 0 aliphatic carbocycles. The molecule has 6 heteroatoms. The Bertz CT molecular complexity index is 416. The predicted molar refractivity (Wildman–Crippen MR) is 83.6 cm³/mol. The van der Waals surface area contributed by atoms with Gasteiger partial charge in [-0.15, -0.1) is 0 Å². The smallest absolute Gasteiger partial charge is 0.231 e. The molecule has 1 aromatic heterocycles. The van der Waals surface area contributed by atoms with Crippen molar-refractivity contribution in [3.8, 4) is 0 Å². The highest BCUT2D eigenvalue weighted by Gasteiger charge is 2.18. The van der Waals surface area contributed by atoms with Crippen molar-refractivity contribution in [3.05, 3.63) is 0 Å². The lowest BCUT2D eigenvalue weighted by Crippen LogP contribution is -2.28. The Kier molecular flexibility index (Phi) is 5.38. The van der Waals surface area contributed by atoms with Crippen LogP contribution in [0, 0.1) is 0 Å². The zero-order valence-corrected chi connectivity index (χ0v) is 12.9. The van der Waals surface area contributed by atoms with Crippen LogP contribution in [0.4, 0.5) is 17.8 Å². The van der Waals surface area contributed by atoms with E-state index in [1.165, 1.54) is 19.3 Å². The van der Waals surface area contributed by atoms with Crippen molar-refractivity contribution in [3.63, 3.8) is 0 Å². The van der Waals surface area contributed by atoms with E-state index in [9.17, 15) is 0 Å². The zero-order valence-electron chi connectivity index (χ0n) is 12.9. The highest BCUT2D eigenvalue weighted by atomic mass is 15.4. The van der Waals surface area contributed by atoms with Crippen molar-refractivity contribution in [2.24, 2.45) is 0 Å². The lowest BCUT2D eigenvalue weighted by molar-refractivity contribution is 0.709. The van der Waals surface area contributed by atoms with Crippen molar-refractivity contribution < 1.29 is 0 Å². The molecule has 0 aromatic carbocycles. The molecule has 1 aliphatic heterocycles. The van der Waals surface area contributed by atoms with E-state index in [2.05, 4.69) is 43.9 Å². The molecular formula is C14H26N6. The summed E-state index contributed by atoms with van der Waals surface area (Å²) in [4.78, 5) is 18.2. The minimum atomic E-state index is 0.659. The molecule has 1 fully saturated rings. The molecular weight excluding hydrogens is 252 g/mol. The van der Waals surface area contributed by atoms with E-state index < -0.39 is 0 Å². The van der Waals surface area contributed by atoms with E-state index in [1.54, 1.807) is 0 Å². The van der Waals surface area contributed by atoms with E-state index in [0.29, 0.717) is 5.95 Å². The summed E-state index contributed by atoms with van der Waals surface area (Å²) in [5, 5.41) is 3.05. The van der Waals surface area contributed by atoms with Crippen LogP contribution in [0.1, 0.15) is 39.5 Å². The number of nitrogens with one attached hydrogen (secondary N) is 1. The Morgan fingerprint density at radius 1 is 1.15 bits per heavy atom. The highest BCUT2D eigenvalue weighted by molar-refractivity contribution is 5.45. The van der Waals surface area contributed by atoms with Gasteiger partial charge in [-0.1, -0.05) is 13.3 Å². The quantitative estimate of drug-likeness (QED) is 0.824. The van der Waals surface area contributed by atoms with Crippen LogP contribution in [0.25, 0.3) is 0 Å². The van der Waals surface area contributed by atoms with Gasteiger partial charge in [0, 0.05) is 33.2 Å². The van der Waals surface area contributed by atoms with Crippen LogP contribution in [0.5, 0.6) is 0 Å². The lowest BCUT2D eigenvalue weighted by atomic mass is 10.3. The molecule has 0 atom stereocenters. The van der Waals surface area contributed by atoms with Crippen LogP contribution < -0.4 is 15.1 Å². The number of aromatic nitrogens is 3. The van der Waals surface area contributed by atoms with Gasteiger partial charge in [0.25, 0.3) is 0 Å². The summed E-state index contributed by atoms with van der Waals surface area (Å²) < 4.78 is 0. The second-order valence-electron chi connectivity index (χ2n) is 5.14. The lowest BCUT2D eigenvalue weighted by Gasteiger charge is -2.23. The largest absolute Gasteiger partial charge is 0.357 e. The van der Waals surface area contributed by atoms with Crippen molar-refractivity contribution in [1.82, 2.24) is 15.0 Å². The molecule has 112 valence electrons. The first-order valence-corrected chi connectivity index (χ1v) is 7.72. The minimum Gasteiger partial charge on any atom is -0.357 e. The van der Waals surface area contributed by atoms with E-state index in [1.807, 2.05) is 7.05 Å². The van der Waals surface area contributed by atoms with Crippen molar-refractivity contribution in [2.45, 2.75) is 39.5 Å². The van der Waals surface area contributed by atoms with Crippen molar-refractivity contribution in [2.75, 3.05) is 48.3 Å². The normalized spacial score (nSPS) is 14.7. The maximum atomic E-state index is 4.68. The third-order valence-corrected chi connectivity index (χ3v) is 3.67. The highest BCUT2D eigenvalue weighted by Crippen LogP contribution is 2.20. The van der Waals surface area contributed by atoms with Crippen LogP contribution >= 0.6 is 0 Å². The second-order valence-corrected chi connectivity index (χ2v) is 5.14. The molecule has 0 unspecified atom stereocenters. The van der Waals surface area contributed by atoms with Crippen molar-refractivity contribution in [1.29, 1.82) is 0 Å². The van der Waals surface area contributed by atoms with Gasteiger partial charge in [-0.3, -0.25) is 0 Å². The summed E-state index contributed by atoms with van der Waals surface area (Å²) in [5.74, 6) is 2.26. The molecule has 0 amide bonds. The van der Waals surface area contributed by atoms with Crippen LogP contribution in [-0.4, -0.2) is 48.2 Å². The summed E-state index contributed by atoms with van der Waals surface area (Å²) in [5.41, 5.74) is 0. The van der Waals surface area contributed by atoms with E-state index in [4.69, 9.17) is 0 Å². The first-order valence-electron chi connectivity index (χ1n) is 7.72. The standard InChI is InChI=1S/C14H26N6/c1-4-6-9-19(5-2)13-16-12(15-3)17-14(18-13)20-10-7-8-11-20/h4-11H2,1-3H3,(H,15,16,17,18). The molecule has 1 saturated heterocycles. The van der Waals surface area contributed by atoms with Gasteiger partial charge < -0.3 is 15.1 Å². The Morgan fingerprint density at radius 2 is 1.90 bits per heavy atom. The zero-order chi connectivity index (χ0) is 14.4. The molecule has 0 bridgehead atoms. The topological polar surface area (TPSA) is 57.2 Å². The van der Waals surface area contributed by atoms with Gasteiger partial charge in [-0.2, -0.15) is 15.0 Å². The average molecular weight is 278 g/mol. The fourth-order valence-corrected chi connectivity index (χ4v) is 2.41. The Labute approximate surface area is 121 Å². The Morgan fingerprint density at radius 3 is 2.50 bits per heavy atom. The summed E-state index contributed by atoms with van der Waals surface area (Å²) in [6, 6.07) is 0. The molecule has 0 spiro atoms. The molecule has 1 aliphatic rings. The van der Waals surface area contributed by atoms with Gasteiger partial charge in [0.2, 0.25) is 17.8 Å². The number of hydrogen-bond acceptors (Lipinski definition) is 6. The summed E-state index contributed by atoms with van der Waals surface area (Å²) >= 11 is 0. The average Bonchev–Trinajstić information content (AvgIpc) is 3.02. The molecule has 2 rings (SSSR count). The van der Waals surface area contributed by atoms with Crippen LogP contribution in [0.3, 0.4) is 0 Å². The van der Waals surface area contributed by atoms with E-state index in [-0.39, 0.29) is 0 Å². The second kappa shape index (κ2) is 7.26. The minimum absolute atomic E-state index is 0.659. The number of hydrogen-bond donors (Lipinski definition) is 1. The molecule has 6 nitrogen and oxygen atoms in total. The molecule has 1 aromatic rings. The van der Waals surface area contributed by atoms with Crippen LogP contribution in [0.2, 0.25) is 0 Å². The van der Waals surface area contributed by atoms with Crippen molar-refractivity contribution >= 4 is 17.8 Å². The third-order valence-electron chi connectivity index (χ3n) is 3.67. The summed E-state index contributed by atoms with van der Waals surface area (Å²) in [6.07, 6.45) is 4.79. The first kappa shape index (κ1) is 14.8. The third kappa shape index (κ3) is 3.49. The molecule has 0 saturated carbocycles. The van der Waals surface area contributed by atoms with Crippen LogP contribution in [-0.2, 0) is 0 Å². The molecule has 2 heterocycles. The SMILES string of the molecule is CCCCN(CC)c1nc(NC)nc(N2CCCC2)n1. The van der Waals surface area contributed by atoms with Gasteiger partial charge in [0.05, 0.1) is 0 Å². The fourth-order valence-electron chi connectivity index (χ4n) is 2.41. The maximum Gasteiger partial charge on any atom is 0.231 e. The van der Waals surface area contributed by atoms with E-state index in [0.717, 1.165) is 44.5 Å². The maximum absolute atomic E-state index is 4.68. The first-order chi connectivity index (χ1) is 9.78. The summed E-state index contributed by atoms with van der Waals surface area (Å²) in [6.45, 7) is 8.37. The molecule has 20 heavy (non-hydrogen) atoms. The summed E-state index contributed by atoms with van der Waals surface area (Å²) in [7, 11) is 1.86. The molecule has 1 N–H and O–H groups in total. The Balaban J connectivity index is 2.23. The van der Waals surface area contributed by atoms with E-state index >= 15 is 0 Å².